The first-order chi connectivity index (χ1) is 10.6. The minimum Gasteiger partial charge on any atom is -0.395 e. The van der Waals surface area contributed by atoms with Crippen molar-refractivity contribution in [1.82, 2.24) is 10.3 Å². The second-order valence-electron chi connectivity index (χ2n) is 5.02. The zero-order valence-electron chi connectivity index (χ0n) is 12.7. The van der Waals surface area contributed by atoms with Crippen molar-refractivity contribution >= 4 is 34.6 Å². The number of benzene rings is 1. The monoisotopic (exact) mass is 316 g/mol. The van der Waals surface area contributed by atoms with E-state index in [1.807, 2.05) is 49.6 Å². The molecule has 1 heterocycles. The Morgan fingerprint density at radius 1 is 1.36 bits per heavy atom. The molecular weight excluding hydrogens is 296 g/mol. The third-order valence-electron chi connectivity index (χ3n) is 3.44. The van der Waals surface area contributed by atoms with Gasteiger partial charge in [0.1, 0.15) is 0 Å². The normalized spacial score (nSPS) is 14.1. The number of aliphatic hydroxyl groups is 1. The van der Waals surface area contributed by atoms with E-state index in [4.69, 9.17) is 0 Å². The molecule has 0 saturated carbocycles. The van der Waals surface area contributed by atoms with Gasteiger partial charge in [0.05, 0.1) is 17.8 Å². The van der Waals surface area contributed by atoms with E-state index >= 15 is 0 Å². The van der Waals surface area contributed by atoms with Crippen LogP contribution in [0.25, 0.3) is 17.0 Å². The van der Waals surface area contributed by atoms with Crippen LogP contribution in [-0.4, -0.2) is 40.2 Å². The summed E-state index contributed by atoms with van der Waals surface area (Å²) in [5, 5.41) is 13.1. The van der Waals surface area contributed by atoms with Crippen LogP contribution in [0.4, 0.5) is 0 Å². The lowest BCUT2D eigenvalue weighted by molar-refractivity contribution is -0.117. The lowest BCUT2D eigenvalue weighted by atomic mass is 10.2. The number of hydrogen-bond donors (Lipinski definition) is 2. The van der Waals surface area contributed by atoms with E-state index in [-0.39, 0.29) is 23.8 Å². The van der Waals surface area contributed by atoms with E-state index in [1.54, 1.807) is 6.08 Å². The van der Waals surface area contributed by atoms with Gasteiger partial charge in [0.15, 0.2) is 0 Å². The van der Waals surface area contributed by atoms with Crippen LogP contribution in [0.2, 0.25) is 0 Å². The van der Waals surface area contributed by atoms with Crippen molar-refractivity contribution in [2.75, 3.05) is 12.9 Å². The largest absolute Gasteiger partial charge is 0.395 e. The smallest absolute Gasteiger partial charge is 0.244 e. The van der Waals surface area contributed by atoms with Gasteiger partial charge in [0.2, 0.25) is 5.91 Å². The number of fused-ring (bicyclic) bond motifs is 1. The fourth-order valence-corrected chi connectivity index (χ4v) is 2.76. The first-order valence-corrected chi connectivity index (χ1v) is 8.41. The third kappa shape index (κ3) is 4.32. The van der Waals surface area contributed by atoms with Crippen molar-refractivity contribution in [3.63, 3.8) is 0 Å². The topological polar surface area (TPSA) is 62.2 Å². The highest BCUT2D eigenvalue weighted by atomic mass is 32.2. The second-order valence-corrected chi connectivity index (χ2v) is 6.09. The molecule has 0 radical (unpaired) electrons. The summed E-state index contributed by atoms with van der Waals surface area (Å²) < 4.78 is 0. The van der Waals surface area contributed by atoms with Gasteiger partial charge in [-0.25, -0.2) is 4.98 Å². The highest BCUT2D eigenvalue weighted by Gasteiger charge is 2.16. The molecule has 4 nitrogen and oxygen atoms in total. The number of thioether (sulfide) groups is 1. The number of carbonyl (C=O) groups is 1. The number of aliphatic hydroxyl groups excluding tert-OH is 1. The molecule has 0 fully saturated rings. The van der Waals surface area contributed by atoms with E-state index in [9.17, 15) is 9.90 Å². The Kier molecular flexibility index (Phi) is 5.98. The summed E-state index contributed by atoms with van der Waals surface area (Å²) in [6.45, 7) is 1.93. The van der Waals surface area contributed by atoms with Crippen molar-refractivity contribution < 1.29 is 9.90 Å². The molecule has 0 saturated heterocycles. The molecule has 0 aliphatic heterocycles. The molecule has 2 atom stereocenters. The molecular formula is C17H20N2O2S. The summed E-state index contributed by atoms with van der Waals surface area (Å²) in [6, 6.07) is 11.6. The molecule has 1 amide bonds. The van der Waals surface area contributed by atoms with Gasteiger partial charge in [-0.15, -0.1) is 0 Å². The maximum atomic E-state index is 11.9. The summed E-state index contributed by atoms with van der Waals surface area (Å²) in [5.74, 6) is -0.185. The SMILES string of the molecule is CSC(CO)C(C)NC(=O)/C=C/c1ccc2ccccc2n1. The van der Waals surface area contributed by atoms with E-state index < -0.39 is 0 Å². The van der Waals surface area contributed by atoms with Gasteiger partial charge >= 0.3 is 0 Å². The van der Waals surface area contributed by atoms with Crippen LogP contribution < -0.4 is 5.32 Å². The average Bonchev–Trinajstić information content (AvgIpc) is 2.54. The van der Waals surface area contributed by atoms with Gasteiger partial charge in [-0.1, -0.05) is 24.3 Å². The Morgan fingerprint density at radius 2 is 2.14 bits per heavy atom. The fraction of sp³-hybridized carbons (Fsp3) is 0.294. The highest BCUT2D eigenvalue weighted by molar-refractivity contribution is 7.99. The molecule has 2 N–H and O–H groups in total. The Balaban J connectivity index is 2.02. The lowest BCUT2D eigenvalue weighted by Gasteiger charge is -2.20. The predicted molar refractivity (Wildman–Crippen MR) is 92.8 cm³/mol. The number of rotatable bonds is 6. The summed E-state index contributed by atoms with van der Waals surface area (Å²) in [6.07, 6.45) is 5.09. The predicted octanol–water partition coefficient (Wildman–Crippen LogP) is 2.48. The number of nitrogens with one attached hydrogen (secondary N) is 1. The molecule has 1 aromatic carbocycles. The summed E-state index contributed by atoms with van der Waals surface area (Å²) >= 11 is 1.53. The molecule has 0 aliphatic carbocycles. The number of pyridine rings is 1. The van der Waals surface area contributed by atoms with Crippen molar-refractivity contribution in [2.45, 2.75) is 18.2 Å². The molecule has 5 heteroatoms. The van der Waals surface area contributed by atoms with E-state index in [1.165, 1.54) is 17.8 Å². The third-order valence-corrected chi connectivity index (χ3v) is 4.60. The molecule has 0 aliphatic rings. The summed E-state index contributed by atoms with van der Waals surface area (Å²) in [5.41, 5.74) is 1.64. The first kappa shape index (κ1) is 16.5. The zero-order chi connectivity index (χ0) is 15.9. The average molecular weight is 316 g/mol. The Morgan fingerprint density at radius 3 is 2.86 bits per heavy atom. The number of hydrogen-bond acceptors (Lipinski definition) is 4. The van der Waals surface area contributed by atoms with Gasteiger partial charge in [-0.05, 0) is 31.4 Å². The number of carbonyl (C=O) groups excluding carboxylic acids is 1. The van der Waals surface area contributed by atoms with Crippen LogP contribution in [0, 0.1) is 0 Å². The first-order valence-electron chi connectivity index (χ1n) is 7.12. The molecule has 2 unspecified atom stereocenters. The van der Waals surface area contributed by atoms with E-state index in [2.05, 4.69) is 10.3 Å². The Hall–Kier alpha value is -1.85. The van der Waals surface area contributed by atoms with Crippen LogP contribution in [0.5, 0.6) is 0 Å². The second kappa shape index (κ2) is 7.96. The quantitative estimate of drug-likeness (QED) is 0.804. The molecule has 1 aromatic heterocycles. The number of aromatic nitrogens is 1. The van der Waals surface area contributed by atoms with Crippen LogP contribution in [0.15, 0.2) is 42.5 Å². The number of nitrogens with zero attached hydrogens (tertiary/aromatic N) is 1. The zero-order valence-corrected chi connectivity index (χ0v) is 13.5. The molecule has 116 valence electrons. The van der Waals surface area contributed by atoms with Gasteiger partial charge in [-0.2, -0.15) is 11.8 Å². The van der Waals surface area contributed by atoms with Crippen LogP contribution in [-0.2, 0) is 4.79 Å². The van der Waals surface area contributed by atoms with Gasteiger partial charge in [0.25, 0.3) is 0 Å². The number of amides is 1. The molecule has 0 bridgehead atoms. The maximum absolute atomic E-state index is 11.9. The van der Waals surface area contributed by atoms with Crippen molar-refractivity contribution in [3.8, 4) is 0 Å². The molecule has 0 spiro atoms. The Bertz CT molecular complexity index is 669. The molecule has 22 heavy (non-hydrogen) atoms. The molecule has 2 aromatic rings. The fourth-order valence-electron chi connectivity index (χ4n) is 2.14. The van der Waals surface area contributed by atoms with Gasteiger partial charge < -0.3 is 10.4 Å². The maximum Gasteiger partial charge on any atom is 0.244 e. The standard InChI is InChI=1S/C17H20N2O2S/c1-12(16(11-20)22-2)18-17(21)10-9-14-8-7-13-5-3-4-6-15(13)19-14/h3-10,12,16,20H,11H2,1-2H3,(H,18,21)/b10-9+. The van der Waals surface area contributed by atoms with Gasteiger partial charge in [-0.3, -0.25) is 4.79 Å². The van der Waals surface area contributed by atoms with Crippen molar-refractivity contribution in [3.05, 3.63) is 48.2 Å². The lowest BCUT2D eigenvalue weighted by Crippen LogP contribution is -2.40. The minimum absolute atomic E-state index is 0.00357. The Labute approximate surface area is 134 Å². The van der Waals surface area contributed by atoms with Crippen LogP contribution >= 0.6 is 11.8 Å². The van der Waals surface area contributed by atoms with Crippen molar-refractivity contribution in [2.24, 2.45) is 0 Å². The highest BCUT2D eigenvalue weighted by Crippen LogP contribution is 2.13. The summed E-state index contributed by atoms with van der Waals surface area (Å²) in [4.78, 5) is 16.4. The number of para-hydroxylation sites is 1. The minimum atomic E-state index is -0.185. The van der Waals surface area contributed by atoms with Crippen molar-refractivity contribution in [1.29, 1.82) is 0 Å². The van der Waals surface area contributed by atoms with E-state index in [0.717, 1.165) is 16.6 Å². The van der Waals surface area contributed by atoms with Crippen LogP contribution in [0.1, 0.15) is 12.6 Å². The molecule has 2 rings (SSSR count). The van der Waals surface area contributed by atoms with Gasteiger partial charge in [0, 0.05) is 22.8 Å². The van der Waals surface area contributed by atoms with E-state index in [0.29, 0.717) is 0 Å². The summed E-state index contributed by atoms with van der Waals surface area (Å²) in [7, 11) is 0. The van der Waals surface area contributed by atoms with Crippen LogP contribution in [0.3, 0.4) is 0 Å².